The average molecular weight is 484 g/mol. The summed E-state index contributed by atoms with van der Waals surface area (Å²) >= 11 is 0. The Kier molecular flexibility index (Phi) is 6.69. The molecule has 0 unspecified atom stereocenters. The smallest absolute Gasteiger partial charge is 0.259 e. The number of methoxy groups -OCH3 is 1. The summed E-state index contributed by atoms with van der Waals surface area (Å²) < 4.78 is 7.39. The topological polar surface area (TPSA) is 79.7 Å². The molecule has 1 aliphatic rings. The molecule has 4 aromatic rings. The lowest BCUT2D eigenvalue weighted by Gasteiger charge is -2.34. The van der Waals surface area contributed by atoms with E-state index in [9.17, 15) is 9.59 Å². The standard InChI is InChI=1S/C28H29N5O3/c1-31-24-13-12-21(29-27(34)22-10-6-7-11-25(22)36-2)18-23(24)30-26(31)19-32-14-16-33(17-15-32)28(35)20-8-4-3-5-9-20/h3-13,18H,14-17,19H2,1-2H3,(H,29,34). The predicted octanol–water partition coefficient (Wildman–Crippen LogP) is 3.79. The molecule has 36 heavy (non-hydrogen) atoms. The molecular formula is C28H29N5O3. The highest BCUT2D eigenvalue weighted by Crippen LogP contribution is 2.23. The van der Waals surface area contributed by atoms with Crippen LogP contribution < -0.4 is 10.1 Å². The zero-order valence-electron chi connectivity index (χ0n) is 20.5. The van der Waals surface area contributed by atoms with E-state index in [2.05, 4.69) is 14.8 Å². The van der Waals surface area contributed by atoms with Crippen molar-refractivity contribution in [3.05, 3.63) is 89.7 Å². The van der Waals surface area contributed by atoms with Gasteiger partial charge in [-0.25, -0.2) is 4.98 Å². The maximum atomic E-state index is 12.8. The number of ether oxygens (including phenoxy) is 1. The Morgan fingerprint density at radius 1 is 0.944 bits per heavy atom. The second-order valence-corrected chi connectivity index (χ2v) is 8.88. The lowest BCUT2D eigenvalue weighted by molar-refractivity contribution is 0.0624. The van der Waals surface area contributed by atoms with Gasteiger partial charge in [-0.1, -0.05) is 30.3 Å². The fourth-order valence-electron chi connectivity index (χ4n) is 4.57. The third kappa shape index (κ3) is 4.81. The van der Waals surface area contributed by atoms with E-state index >= 15 is 0 Å². The Morgan fingerprint density at radius 3 is 2.42 bits per heavy atom. The number of anilines is 1. The largest absolute Gasteiger partial charge is 0.496 e. The van der Waals surface area contributed by atoms with Gasteiger partial charge in [0.2, 0.25) is 0 Å². The highest BCUT2D eigenvalue weighted by molar-refractivity contribution is 6.06. The third-order valence-electron chi connectivity index (χ3n) is 6.63. The van der Waals surface area contributed by atoms with Crippen LogP contribution >= 0.6 is 0 Å². The van der Waals surface area contributed by atoms with Gasteiger partial charge in [0.15, 0.2) is 0 Å². The second kappa shape index (κ2) is 10.2. The molecule has 1 fully saturated rings. The molecule has 5 rings (SSSR count). The molecule has 3 aromatic carbocycles. The van der Waals surface area contributed by atoms with E-state index in [1.165, 1.54) is 0 Å². The molecule has 0 atom stereocenters. The number of hydrogen-bond acceptors (Lipinski definition) is 5. The number of carbonyl (C=O) groups excluding carboxylic acids is 2. The molecule has 0 spiro atoms. The zero-order valence-corrected chi connectivity index (χ0v) is 20.5. The molecule has 0 bridgehead atoms. The molecular weight excluding hydrogens is 454 g/mol. The van der Waals surface area contributed by atoms with Gasteiger partial charge in [-0.3, -0.25) is 14.5 Å². The SMILES string of the molecule is COc1ccccc1C(=O)Nc1ccc2c(c1)nc(CN1CCN(C(=O)c3ccccc3)CC1)n2C. The van der Waals surface area contributed by atoms with Crippen molar-refractivity contribution >= 4 is 28.5 Å². The number of nitrogens with one attached hydrogen (secondary N) is 1. The summed E-state index contributed by atoms with van der Waals surface area (Å²) in [5.41, 5.74) is 3.71. The predicted molar refractivity (Wildman–Crippen MR) is 139 cm³/mol. The van der Waals surface area contributed by atoms with Crippen LogP contribution in [0.25, 0.3) is 11.0 Å². The van der Waals surface area contributed by atoms with Crippen molar-refractivity contribution in [1.29, 1.82) is 0 Å². The normalized spacial score (nSPS) is 14.1. The van der Waals surface area contributed by atoms with Gasteiger partial charge in [-0.05, 0) is 42.5 Å². The van der Waals surface area contributed by atoms with Crippen molar-refractivity contribution < 1.29 is 14.3 Å². The van der Waals surface area contributed by atoms with E-state index in [-0.39, 0.29) is 11.8 Å². The van der Waals surface area contributed by atoms with E-state index in [0.29, 0.717) is 36.6 Å². The summed E-state index contributed by atoms with van der Waals surface area (Å²) in [4.78, 5) is 34.6. The van der Waals surface area contributed by atoms with E-state index in [0.717, 1.165) is 35.5 Å². The molecule has 2 amide bonds. The van der Waals surface area contributed by atoms with Crippen molar-refractivity contribution in [3.8, 4) is 5.75 Å². The summed E-state index contributed by atoms with van der Waals surface area (Å²) in [7, 11) is 3.56. The van der Waals surface area contributed by atoms with Crippen molar-refractivity contribution in [2.45, 2.75) is 6.54 Å². The Hall–Kier alpha value is -4.17. The molecule has 1 aliphatic heterocycles. The van der Waals surface area contributed by atoms with Gasteiger partial charge in [-0.15, -0.1) is 0 Å². The number of imidazole rings is 1. The molecule has 0 saturated carbocycles. The first-order valence-corrected chi connectivity index (χ1v) is 12.0. The number of rotatable bonds is 6. The molecule has 8 heteroatoms. The molecule has 1 saturated heterocycles. The van der Waals surface area contributed by atoms with E-state index < -0.39 is 0 Å². The Morgan fingerprint density at radius 2 is 1.67 bits per heavy atom. The number of carbonyl (C=O) groups is 2. The average Bonchev–Trinajstić information content (AvgIpc) is 3.23. The minimum atomic E-state index is -0.231. The Bertz CT molecular complexity index is 1390. The lowest BCUT2D eigenvalue weighted by atomic mass is 10.2. The summed E-state index contributed by atoms with van der Waals surface area (Å²) in [6.45, 7) is 3.67. The quantitative estimate of drug-likeness (QED) is 0.451. The summed E-state index contributed by atoms with van der Waals surface area (Å²) in [6.07, 6.45) is 0. The minimum Gasteiger partial charge on any atom is -0.496 e. The van der Waals surface area contributed by atoms with Gasteiger partial charge >= 0.3 is 0 Å². The van der Waals surface area contributed by atoms with Crippen molar-refractivity contribution in [2.24, 2.45) is 7.05 Å². The Balaban J connectivity index is 1.24. The van der Waals surface area contributed by atoms with Gasteiger partial charge in [-0.2, -0.15) is 0 Å². The van der Waals surface area contributed by atoms with E-state index in [1.54, 1.807) is 19.2 Å². The molecule has 2 heterocycles. The highest BCUT2D eigenvalue weighted by atomic mass is 16.5. The number of fused-ring (bicyclic) bond motifs is 1. The maximum Gasteiger partial charge on any atom is 0.259 e. The molecule has 1 N–H and O–H groups in total. The van der Waals surface area contributed by atoms with Crippen LogP contribution in [-0.2, 0) is 13.6 Å². The van der Waals surface area contributed by atoms with Crippen LogP contribution in [-0.4, -0.2) is 64.5 Å². The number of benzene rings is 3. The van der Waals surface area contributed by atoms with Gasteiger partial charge in [0.1, 0.15) is 11.6 Å². The van der Waals surface area contributed by atoms with Crippen LogP contribution in [0.1, 0.15) is 26.5 Å². The zero-order chi connectivity index (χ0) is 25.1. The van der Waals surface area contributed by atoms with Gasteiger partial charge in [0, 0.05) is 44.5 Å². The molecule has 184 valence electrons. The van der Waals surface area contributed by atoms with Gasteiger partial charge in [0.05, 0.1) is 30.3 Å². The van der Waals surface area contributed by atoms with Crippen LogP contribution in [0.2, 0.25) is 0 Å². The maximum absolute atomic E-state index is 12.8. The first-order valence-electron chi connectivity index (χ1n) is 12.0. The summed E-state index contributed by atoms with van der Waals surface area (Å²) in [5, 5.41) is 2.95. The van der Waals surface area contributed by atoms with Crippen molar-refractivity contribution in [3.63, 3.8) is 0 Å². The number of para-hydroxylation sites is 1. The first-order chi connectivity index (χ1) is 17.5. The monoisotopic (exact) mass is 483 g/mol. The van der Waals surface area contributed by atoms with Crippen LogP contribution in [0.15, 0.2) is 72.8 Å². The first kappa shape index (κ1) is 23.6. The molecule has 1 aromatic heterocycles. The molecule has 0 aliphatic carbocycles. The summed E-state index contributed by atoms with van der Waals surface area (Å²) in [5.74, 6) is 1.33. The minimum absolute atomic E-state index is 0.0840. The van der Waals surface area contributed by atoms with E-state index in [1.807, 2.05) is 72.6 Å². The van der Waals surface area contributed by atoms with Gasteiger partial charge < -0.3 is 19.5 Å². The second-order valence-electron chi connectivity index (χ2n) is 8.88. The number of nitrogens with zero attached hydrogens (tertiary/aromatic N) is 4. The number of hydrogen-bond donors (Lipinski definition) is 1. The van der Waals surface area contributed by atoms with Crippen LogP contribution in [0, 0.1) is 0 Å². The fraction of sp³-hybridized carbons (Fsp3) is 0.250. The number of aryl methyl sites for hydroxylation is 1. The van der Waals surface area contributed by atoms with Crippen LogP contribution in [0.3, 0.4) is 0 Å². The van der Waals surface area contributed by atoms with Gasteiger partial charge in [0.25, 0.3) is 11.8 Å². The van der Waals surface area contributed by atoms with Crippen LogP contribution in [0.5, 0.6) is 5.75 Å². The van der Waals surface area contributed by atoms with Crippen LogP contribution in [0.4, 0.5) is 5.69 Å². The molecule has 8 nitrogen and oxygen atoms in total. The molecule has 0 radical (unpaired) electrons. The fourth-order valence-corrected chi connectivity index (χ4v) is 4.57. The lowest BCUT2D eigenvalue weighted by Crippen LogP contribution is -2.48. The Labute approximate surface area is 210 Å². The van der Waals surface area contributed by atoms with Crippen molar-refractivity contribution in [1.82, 2.24) is 19.4 Å². The third-order valence-corrected chi connectivity index (χ3v) is 6.63. The van der Waals surface area contributed by atoms with E-state index in [4.69, 9.17) is 9.72 Å². The number of amides is 2. The number of aromatic nitrogens is 2. The summed E-state index contributed by atoms with van der Waals surface area (Å²) in [6, 6.07) is 22.3. The highest BCUT2D eigenvalue weighted by Gasteiger charge is 2.23. The number of piperazine rings is 1. The van der Waals surface area contributed by atoms with Crippen molar-refractivity contribution in [2.75, 3.05) is 38.6 Å².